The Bertz CT molecular complexity index is 1280. The first-order valence-electron chi connectivity index (χ1n) is 11.0. The Morgan fingerprint density at radius 1 is 1.03 bits per heavy atom. The fourth-order valence-corrected chi connectivity index (χ4v) is 3.67. The zero-order valence-corrected chi connectivity index (χ0v) is 19.9. The number of aromatic nitrogens is 3. The molecule has 0 saturated carbocycles. The lowest BCUT2D eigenvalue weighted by atomic mass is 10.1. The Kier molecular flexibility index (Phi) is 7.08. The maximum atomic E-state index is 12.8. The van der Waals surface area contributed by atoms with Crippen LogP contribution in [0.2, 0.25) is 0 Å². The maximum Gasteiger partial charge on any atom is 0.257 e. The lowest BCUT2D eigenvalue weighted by Gasteiger charge is -2.11. The molecule has 1 N–H and O–H groups in total. The van der Waals surface area contributed by atoms with Gasteiger partial charge in [-0.3, -0.25) is 4.79 Å². The van der Waals surface area contributed by atoms with Crippen molar-refractivity contribution >= 4 is 22.6 Å². The monoisotopic (exact) mass is 459 g/mol. The van der Waals surface area contributed by atoms with Gasteiger partial charge in [0.2, 0.25) is 0 Å². The van der Waals surface area contributed by atoms with Gasteiger partial charge in [0.05, 0.1) is 32.5 Å². The lowest BCUT2D eigenvalue weighted by Crippen LogP contribution is -2.15. The number of carbonyl (C=O) groups excluding carboxylic acids is 1. The van der Waals surface area contributed by atoms with Gasteiger partial charge in [0.25, 0.3) is 5.91 Å². The molecule has 0 radical (unpaired) electrons. The minimum absolute atomic E-state index is 0.208. The van der Waals surface area contributed by atoms with E-state index >= 15 is 0 Å². The highest BCUT2D eigenvalue weighted by Gasteiger charge is 2.13. The summed E-state index contributed by atoms with van der Waals surface area (Å²) in [6, 6.07) is 15.4. The van der Waals surface area contributed by atoms with E-state index in [-0.39, 0.29) is 5.91 Å². The van der Waals surface area contributed by atoms with E-state index < -0.39 is 0 Å². The van der Waals surface area contributed by atoms with Gasteiger partial charge >= 0.3 is 0 Å². The SMILES string of the molecule is COc1ccc(Cn2ncc3cc(C(=O)Nc4ccc(CCN(C)C)cc4)cnc32)c(OC)c1. The van der Waals surface area contributed by atoms with E-state index in [2.05, 4.69) is 34.4 Å². The topological polar surface area (TPSA) is 81.5 Å². The summed E-state index contributed by atoms with van der Waals surface area (Å²) >= 11 is 0. The molecule has 176 valence electrons. The number of benzene rings is 2. The molecular formula is C26H29N5O3. The third-order valence-corrected chi connectivity index (χ3v) is 5.61. The number of anilines is 1. The van der Waals surface area contributed by atoms with Crippen molar-refractivity contribution in [3.05, 3.63) is 77.6 Å². The van der Waals surface area contributed by atoms with E-state index in [0.717, 1.165) is 35.4 Å². The Hall–Kier alpha value is -3.91. The van der Waals surface area contributed by atoms with E-state index in [1.807, 2.05) is 42.5 Å². The molecule has 2 aromatic heterocycles. The number of rotatable bonds is 9. The van der Waals surface area contributed by atoms with Gasteiger partial charge in [-0.15, -0.1) is 0 Å². The van der Waals surface area contributed by atoms with Gasteiger partial charge in [-0.05, 0) is 56.4 Å². The van der Waals surface area contributed by atoms with Crippen LogP contribution in [0, 0.1) is 0 Å². The summed E-state index contributed by atoms with van der Waals surface area (Å²) in [6.45, 7) is 1.46. The summed E-state index contributed by atoms with van der Waals surface area (Å²) < 4.78 is 12.5. The lowest BCUT2D eigenvalue weighted by molar-refractivity contribution is 0.102. The minimum Gasteiger partial charge on any atom is -0.497 e. The number of amides is 1. The van der Waals surface area contributed by atoms with Crippen LogP contribution >= 0.6 is 0 Å². The Labute approximate surface area is 199 Å². The maximum absolute atomic E-state index is 12.8. The number of hydrogen-bond donors (Lipinski definition) is 1. The number of ether oxygens (including phenoxy) is 2. The molecule has 4 aromatic rings. The molecule has 2 aromatic carbocycles. The van der Waals surface area contributed by atoms with Gasteiger partial charge < -0.3 is 19.7 Å². The first-order valence-corrected chi connectivity index (χ1v) is 11.0. The van der Waals surface area contributed by atoms with Crippen LogP contribution in [0.1, 0.15) is 21.5 Å². The van der Waals surface area contributed by atoms with Crippen molar-refractivity contribution < 1.29 is 14.3 Å². The minimum atomic E-state index is -0.208. The number of hydrogen-bond acceptors (Lipinski definition) is 6. The van der Waals surface area contributed by atoms with Crippen LogP contribution in [0.3, 0.4) is 0 Å². The fraction of sp³-hybridized carbons (Fsp3) is 0.269. The van der Waals surface area contributed by atoms with Crippen LogP contribution in [0.25, 0.3) is 11.0 Å². The van der Waals surface area contributed by atoms with E-state index in [1.54, 1.807) is 37.4 Å². The predicted molar refractivity (Wildman–Crippen MR) is 133 cm³/mol. The molecular weight excluding hydrogens is 430 g/mol. The zero-order valence-electron chi connectivity index (χ0n) is 19.9. The highest BCUT2D eigenvalue weighted by Crippen LogP contribution is 2.26. The second-order valence-corrected chi connectivity index (χ2v) is 8.32. The van der Waals surface area contributed by atoms with Gasteiger partial charge in [-0.1, -0.05) is 12.1 Å². The largest absolute Gasteiger partial charge is 0.497 e. The third-order valence-electron chi connectivity index (χ3n) is 5.61. The smallest absolute Gasteiger partial charge is 0.257 e. The van der Waals surface area contributed by atoms with Crippen molar-refractivity contribution in [2.24, 2.45) is 0 Å². The average Bonchev–Trinajstić information content (AvgIpc) is 3.25. The molecule has 2 heterocycles. The summed E-state index contributed by atoms with van der Waals surface area (Å²) in [5.74, 6) is 1.23. The first-order chi connectivity index (χ1) is 16.5. The molecule has 1 amide bonds. The highest BCUT2D eigenvalue weighted by atomic mass is 16.5. The van der Waals surface area contributed by atoms with E-state index in [4.69, 9.17) is 9.47 Å². The molecule has 0 spiro atoms. The van der Waals surface area contributed by atoms with Crippen molar-refractivity contribution in [3.8, 4) is 11.5 Å². The predicted octanol–water partition coefficient (Wildman–Crippen LogP) is 3.85. The van der Waals surface area contributed by atoms with Crippen LogP contribution in [0.15, 0.2) is 60.9 Å². The van der Waals surface area contributed by atoms with Crippen molar-refractivity contribution in [1.82, 2.24) is 19.7 Å². The molecule has 0 atom stereocenters. The number of nitrogens with zero attached hydrogens (tertiary/aromatic N) is 4. The number of fused-ring (bicyclic) bond motifs is 1. The van der Waals surface area contributed by atoms with Crippen molar-refractivity contribution in [1.29, 1.82) is 0 Å². The van der Waals surface area contributed by atoms with Crippen molar-refractivity contribution in [2.45, 2.75) is 13.0 Å². The van der Waals surface area contributed by atoms with Crippen LogP contribution in [-0.4, -0.2) is 60.4 Å². The molecule has 0 saturated heterocycles. The molecule has 34 heavy (non-hydrogen) atoms. The Morgan fingerprint density at radius 2 is 1.82 bits per heavy atom. The number of carbonyl (C=O) groups is 1. The van der Waals surface area contributed by atoms with Gasteiger partial charge in [0.1, 0.15) is 11.5 Å². The molecule has 8 heteroatoms. The summed E-state index contributed by atoms with van der Waals surface area (Å²) in [4.78, 5) is 19.4. The van der Waals surface area contributed by atoms with Crippen LogP contribution < -0.4 is 14.8 Å². The van der Waals surface area contributed by atoms with Crippen LogP contribution in [0.5, 0.6) is 11.5 Å². The Balaban J connectivity index is 1.47. The van der Waals surface area contributed by atoms with E-state index in [9.17, 15) is 4.79 Å². The molecule has 4 rings (SSSR count). The average molecular weight is 460 g/mol. The number of nitrogens with one attached hydrogen (secondary N) is 1. The summed E-state index contributed by atoms with van der Waals surface area (Å²) in [5.41, 5.74) is 4.10. The number of methoxy groups -OCH3 is 2. The molecule has 8 nitrogen and oxygen atoms in total. The Morgan fingerprint density at radius 3 is 2.53 bits per heavy atom. The summed E-state index contributed by atoms with van der Waals surface area (Å²) in [6.07, 6.45) is 4.26. The molecule has 0 fully saturated rings. The quantitative estimate of drug-likeness (QED) is 0.409. The fourth-order valence-electron chi connectivity index (χ4n) is 3.67. The van der Waals surface area contributed by atoms with Gasteiger partial charge in [-0.2, -0.15) is 5.10 Å². The standard InChI is InChI=1S/C26H29N5O3/c1-30(2)12-11-18-5-8-22(9-6-18)29-26(32)21-13-20-16-28-31(25(20)27-15-21)17-19-7-10-23(33-3)14-24(19)34-4/h5-10,13-16H,11-12,17H2,1-4H3,(H,29,32). The van der Waals surface area contributed by atoms with Gasteiger partial charge in [-0.25, -0.2) is 9.67 Å². The second-order valence-electron chi connectivity index (χ2n) is 8.32. The van der Waals surface area contributed by atoms with Crippen LogP contribution in [0.4, 0.5) is 5.69 Å². The number of pyridine rings is 1. The molecule has 0 bridgehead atoms. The summed E-state index contributed by atoms with van der Waals surface area (Å²) in [5, 5.41) is 8.20. The molecule has 0 aliphatic carbocycles. The van der Waals surface area contributed by atoms with Gasteiger partial charge in [0, 0.05) is 35.4 Å². The molecule has 0 aliphatic heterocycles. The van der Waals surface area contributed by atoms with Gasteiger partial charge in [0.15, 0.2) is 5.65 Å². The van der Waals surface area contributed by atoms with Crippen molar-refractivity contribution in [2.75, 3.05) is 40.2 Å². The van der Waals surface area contributed by atoms with Crippen LogP contribution in [-0.2, 0) is 13.0 Å². The summed E-state index contributed by atoms with van der Waals surface area (Å²) in [7, 11) is 7.35. The first kappa shape index (κ1) is 23.3. The normalized spacial score (nSPS) is 11.1. The third kappa shape index (κ3) is 5.35. The zero-order chi connectivity index (χ0) is 24.1. The molecule has 0 unspecified atom stereocenters. The number of likely N-dealkylation sites (N-methyl/N-ethyl adjacent to an activating group) is 1. The van der Waals surface area contributed by atoms with Crippen molar-refractivity contribution in [3.63, 3.8) is 0 Å². The second kappa shape index (κ2) is 10.4. The van der Waals surface area contributed by atoms with E-state index in [1.165, 1.54) is 5.56 Å². The highest BCUT2D eigenvalue weighted by molar-refractivity contribution is 6.05. The van der Waals surface area contributed by atoms with E-state index in [0.29, 0.717) is 23.5 Å². The molecule has 0 aliphatic rings.